The Hall–Kier alpha value is -2.08. The predicted octanol–water partition coefficient (Wildman–Crippen LogP) is 3.44. The van der Waals surface area contributed by atoms with Crippen LogP contribution in [-0.4, -0.2) is 44.9 Å². The van der Waals surface area contributed by atoms with Crippen LogP contribution < -0.4 is 15.0 Å². The van der Waals surface area contributed by atoms with Crippen LogP contribution in [0, 0.1) is 6.92 Å². The molecule has 0 unspecified atom stereocenters. The summed E-state index contributed by atoms with van der Waals surface area (Å²) >= 11 is 5.93. The summed E-state index contributed by atoms with van der Waals surface area (Å²) in [6.45, 7) is 4.22. The van der Waals surface area contributed by atoms with Crippen molar-refractivity contribution >= 4 is 23.2 Å². The molecular formula is C21H25ClN2O3. The molecule has 27 heavy (non-hydrogen) atoms. The Morgan fingerprint density at radius 2 is 1.81 bits per heavy atom. The normalized spacial score (nSPS) is 19.1. The van der Waals surface area contributed by atoms with E-state index in [9.17, 15) is 4.79 Å². The third kappa shape index (κ3) is 4.80. The first-order valence-electron chi connectivity index (χ1n) is 9.12. The molecule has 1 aliphatic rings. The van der Waals surface area contributed by atoms with Crippen molar-refractivity contribution in [2.24, 2.45) is 0 Å². The van der Waals surface area contributed by atoms with E-state index < -0.39 is 6.10 Å². The van der Waals surface area contributed by atoms with Gasteiger partial charge < -0.3 is 19.7 Å². The fourth-order valence-corrected chi connectivity index (χ4v) is 3.25. The number of hydrogen-bond acceptors (Lipinski definition) is 4. The van der Waals surface area contributed by atoms with Crippen LogP contribution in [-0.2, 0) is 9.53 Å². The van der Waals surface area contributed by atoms with Gasteiger partial charge in [-0.1, -0.05) is 29.3 Å². The van der Waals surface area contributed by atoms with Crippen LogP contribution in [0.3, 0.4) is 0 Å². The van der Waals surface area contributed by atoms with Gasteiger partial charge in [0, 0.05) is 31.0 Å². The molecular weight excluding hydrogens is 364 g/mol. The van der Waals surface area contributed by atoms with E-state index in [1.54, 1.807) is 31.4 Å². The molecule has 0 aliphatic carbocycles. The maximum atomic E-state index is 12.8. The summed E-state index contributed by atoms with van der Waals surface area (Å²) < 4.78 is 11.0. The maximum absolute atomic E-state index is 12.8. The summed E-state index contributed by atoms with van der Waals surface area (Å²) in [4.78, 5) is 14.6. The van der Waals surface area contributed by atoms with Gasteiger partial charge in [0.25, 0.3) is 5.91 Å². The molecule has 1 amide bonds. The monoisotopic (exact) mass is 388 g/mol. The van der Waals surface area contributed by atoms with Gasteiger partial charge in [0.15, 0.2) is 6.10 Å². The number of nitrogens with one attached hydrogen (secondary N) is 1. The molecule has 1 saturated heterocycles. The second kappa shape index (κ2) is 9.22. The molecule has 6 heteroatoms. The molecule has 1 N–H and O–H groups in total. The molecule has 0 radical (unpaired) electrons. The molecule has 1 aliphatic heterocycles. The average molecular weight is 389 g/mol. The van der Waals surface area contributed by atoms with Crippen LogP contribution in [0.2, 0.25) is 5.02 Å². The predicted molar refractivity (Wildman–Crippen MR) is 108 cm³/mol. The Bertz CT molecular complexity index is 749. The highest BCUT2D eigenvalue weighted by molar-refractivity contribution is 6.30. The first kappa shape index (κ1) is 19.7. The molecule has 2 aromatic carbocycles. The molecule has 1 heterocycles. The number of methoxy groups -OCH3 is 1. The number of anilines is 1. The zero-order chi connectivity index (χ0) is 19.2. The van der Waals surface area contributed by atoms with Crippen molar-refractivity contribution in [1.82, 2.24) is 5.32 Å². The van der Waals surface area contributed by atoms with Crippen LogP contribution in [0.25, 0.3) is 0 Å². The Balaban J connectivity index is 1.70. The minimum Gasteiger partial charge on any atom is -0.478 e. The fraction of sp³-hybridized carbons (Fsp3) is 0.381. The molecule has 0 aromatic heterocycles. The Kier molecular flexibility index (Phi) is 6.72. The Labute approximate surface area is 165 Å². The quantitative estimate of drug-likeness (QED) is 0.528. The standard InChI is InChI=1S/C21H25ClN2O3/c1-15-4-8-17(9-5-15)24-19(14-23-12-3-13-26-2)20(21(24)25)27-18-10-6-16(22)7-11-18/h4-11,19-20,23H,3,12-14H2,1-2H3/t19-,20+/m1/s1. The first-order chi connectivity index (χ1) is 13.1. The number of aryl methyl sites for hydroxylation is 1. The number of benzene rings is 2. The lowest BCUT2D eigenvalue weighted by molar-refractivity contribution is -0.134. The van der Waals surface area contributed by atoms with Crippen molar-refractivity contribution in [3.63, 3.8) is 0 Å². The number of carbonyl (C=O) groups excluding carboxylic acids is 1. The van der Waals surface area contributed by atoms with Crippen molar-refractivity contribution in [2.45, 2.75) is 25.5 Å². The summed E-state index contributed by atoms with van der Waals surface area (Å²) in [5.41, 5.74) is 2.06. The molecule has 5 nitrogen and oxygen atoms in total. The minimum atomic E-state index is -0.512. The summed E-state index contributed by atoms with van der Waals surface area (Å²) in [5, 5.41) is 4.04. The SMILES string of the molecule is COCCCNC[C@@H]1[C@H](Oc2ccc(Cl)cc2)C(=O)N1c1ccc(C)cc1. The minimum absolute atomic E-state index is 0.0301. The number of halogens is 1. The third-order valence-electron chi connectivity index (χ3n) is 4.61. The first-order valence-corrected chi connectivity index (χ1v) is 9.49. The van der Waals surface area contributed by atoms with Crippen molar-refractivity contribution in [2.75, 3.05) is 31.7 Å². The van der Waals surface area contributed by atoms with Gasteiger partial charge in [-0.25, -0.2) is 0 Å². The average Bonchev–Trinajstić information content (AvgIpc) is 2.67. The van der Waals surface area contributed by atoms with Crippen LogP contribution >= 0.6 is 11.6 Å². The summed E-state index contributed by atoms with van der Waals surface area (Å²) in [6, 6.07) is 15.0. The van der Waals surface area contributed by atoms with Crippen LogP contribution in [0.1, 0.15) is 12.0 Å². The van der Waals surface area contributed by atoms with Gasteiger partial charge in [-0.2, -0.15) is 0 Å². The van der Waals surface area contributed by atoms with E-state index in [4.69, 9.17) is 21.1 Å². The molecule has 0 saturated carbocycles. The third-order valence-corrected chi connectivity index (χ3v) is 4.86. The topological polar surface area (TPSA) is 50.8 Å². The summed E-state index contributed by atoms with van der Waals surface area (Å²) in [6.07, 6.45) is 0.409. The van der Waals surface area contributed by atoms with E-state index in [0.29, 0.717) is 23.9 Å². The molecule has 3 rings (SSSR count). The van der Waals surface area contributed by atoms with Gasteiger partial charge in [0.05, 0.1) is 6.04 Å². The number of hydrogen-bond donors (Lipinski definition) is 1. The zero-order valence-electron chi connectivity index (χ0n) is 15.7. The highest BCUT2D eigenvalue weighted by atomic mass is 35.5. The molecule has 2 aromatic rings. The van der Waals surface area contributed by atoms with Gasteiger partial charge >= 0.3 is 0 Å². The van der Waals surface area contributed by atoms with Gasteiger partial charge in [0.2, 0.25) is 0 Å². The highest BCUT2D eigenvalue weighted by Gasteiger charge is 2.49. The number of amides is 1. The Morgan fingerprint density at radius 3 is 2.48 bits per heavy atom. The van der Waals surface area contributed by atoms with E-state index in [0.717, 1.165) is 24.2 Å². The van der Waals surface area contributed by atoms with E-state index in [2.05, 4.69) is 5.32 Å². The van der Waals surface area contributed by atoms with Crippen LogP contribution in [0.4, 0.5) is 5.69 Å². The van der Waals surface area contributed by atoms with Crippen molar-refractivity contribution in [1.29, 1.82) is 0 Å². The smallest absolute Gasteiger partial charge is 0.270 e. The molecule has 0 spiro atoms. The van der Waals surface area contributed by atoms with E-state index in [1.165, 1.54) is 0 Å². The van der Waals surface area contributed by atoms with Gasteiger partial charge in [-0.3, -0.25) is 4.79 Å². The highest BCUT2D eigenvalue weighted by Crippen LogP contribution is 2.31. The molecule has 1 fully saturated rings. The van der Waals surface area contributed by atoms with E-state index >= 15 is 0 Å². The van der Waals surface area contributed by atoms with Crippen molar-refractivity contribution < 1.29 is 14.3 Å². The van der Waals surface area contributed by atoms with Gasteiger partial charge in [0.1, 0.15) is 5.75 Å². The Morgan fingerprint density at radius 1 is 1.11 bits per heavy atom. The summed E-state index contributed by atoms with van der Waals surface area (Å²) in [7, 11) is 1.69. The second-order valence-corrected chi connectivity index (χ2v) is 7.09. The number of rotatable bonds is 9. The summed E-state index contributed by atoms with van der Waals surface area (Å²) in [5.74, 6) is 0.614. The van der Waals surface area contributed by atoms with Gasteiger partial charge in [-0.15, -0.1) is 0 Å². The largest absolute Gasteiger partial charge is 0.478 e. The lowest BCUT2D eigenvalue weighted by Crippen LogP contribution is -2.70. The number of β-lactam (4-membered cyclic amide) rings is 1. The van der Waals surface area contributed by atoms with Crippen LogP contribution in [0.15, 0.2) is 48.5 Å². The number of ether oxygens (including phenoxy) is 2. The molecule has 144 valence electrons. The lowest BCUT2D eigenvalue weighted by Gasteiger charge is -2.46. The van der Waals surface area contributed by atoms with E-state index in [-0.39, 0.29) is 11.9 Å². The van der Waals surface area contributed by atoms with Crippen LogP contribution in [0.5, 0.6) is 5.75 Å². The maximum Gasteiger partial charge on any atom is 0.270 e. The number of nitrogens with zero attached hydrogens (tertiary/aromatic N) is 1. The van der Waals surface area contributed by atoms with E-state index in [1.807, 2.05) is 36.1 Å². The zero-order valence-corrected chi connectivity index (χ0v) is 16.4. The van der Waals surface area contributed by atoms with Crippen molar-refractivity contribution in [3.05, 3.63) is 59.1 Å². The lowest BCUT2D eigenvalue weighted by atomic mass is 9.96. The van der Waals surface area contributed by atoms with Gasteiger partial charge in [-0.05, 0) is 56.3 Å². The number of carbonyl (C=O) groups is 1. The van der Waals surface area contributed by atoms with Crippen molar-refractivity contribution in [3.8, 4) is 5.75 Å². The molecule has 2 atom stereocenters. The molecule has 0 bridgehead atoms. The second-order valence-electron chi connectivity index (χ2n) is 6.65. The fourth-order valence-electron chi connectivity index (χ4n) is 3.12.